The van der Waals surface area contributed by atoms with Gasteiger partial charge in [-0.25, -0.2) is 4.79 Å². The topological polar surface area (TPSA) is 59.1 Å². The molecule has 1 atom stereocenters. The fourth-order valence-corrected chi connectivity index (χ4v) is 3.22. The minimum atomic E-state index is -0.590. The summed E-state index contributed by atoms with van der Waals surface area (Å²) in [6.07, 6.45) is 0.973. The third-order valence-electron chi connectivity index (χ3n) is 4.19. The van der Waals surface area contributed by atoms with Gasteiger partial charge in [0, 0.05) is 30.7 Å². The summed E-state index contributed by atoms with van der Waals surface area (Å²) in [5, 5.41) is 0.581. The molecular weight excluding hydrogens is 356 g/mol. The molecule has 26 heavy (non-hydrogen) atoms. The monoisotopic (exact) mass is 382 g/mol. The molecule has 2 amide bonds. The number of methoxy groups -OCH3 is 1. The van der Waals surface area contributed by atoms with Crippen LogP contribution >= 0.6 is 11.6 Å². The largest absolute Gasteiger partial charge is 0.496 e. The Morgan fingerprint density at radius 1 is 1.35 bits per heavy atom. The smallest absolute Gasteiger partial charge is 0.410 e. The van der Waals surface area contributed by atoms with Gasteiger partial charge in [-0.15, -0.1) is 0 Å². The zero-order valence-corrected chi connectivity index (χ0v) is 16.8. The molecule has 2 rings (SSSR count). The number of carbonyl (C=O) groups excluding carboxylic acids is 2. The molecule has 0 aliphatic carbocycles. The summed E-state index contributed by atoms with van der Waals surface area (Å²) in [4.78, 5) is 28.4. The number of likely N-dealkylation sites (N-methyl/N-ethyl adjacent to an activating group) is 1. The maximum atomic E-state index is 12.9. The van der Waals surface area contributed by atoms with Crippen LogP contribution in [0, 0.1) is 0 Å². The molecule has 1 saturated heterocycles. The lowest BCUT2D eigenvalue weighted by Gasteiger charge is -2.30. The minimum absolute atomic E-state index is 0.115. The first kappa shape index (κ1) is 20.4. The molecule has 0 N–H and O–H groups in total. The van der Waals surface area contributed by atoms with Crippen molar-refractivity contribution in [1.82, 2.24) is 9.80 Å². The first-order valence-corrected chi connectivity index (χ1v) is 9.07. The van der Waals surface area contributed by atoms with Gasteiger partial charge in [-0.1, -0.05) is 11.6 Å². The summed E-state index contributed by atoms with van der Waals surface area (Å²) in [5.41, 5.74) is 0.227. The van der Waals surface area contributed by atoms with Crippen LogP contribution in [0.2, 0.25) is 5.02 Å². The molecule has 6 nitrogen and oxygen atoms in total. The van der Waals surface area contributed by atoms with E-state index < -0.39 is 17.7 Å². The van der Waals surface area contributed by atoms with Crippen LogP contribution in [0.4, 0.5) is 4.79 Å². The van der Waals surface area contributed by atoms with E-state index in [1.165, 1.54) is 4.90 Å². The Kier molecular flexibility index (Phi) is 6.39. The average molecular weight is 383 g/mol. The van der Waals surface area contributed by atoms with Crippen molar-refractivity contribution in [1.29, 1.82) is 0 Å². The Balaban J connectivity index is 2.09. The van der Waals surface area contributed by atoms with Crippen molar-refractivity contribution in [3.63, 3.8) is 0 Å². The van der Waals surface area contributed by atoms with Crippen molar-refractivity contribution in [3.05, 3.63) is 28.8 Å². The summed E-state index contributed by atoms with van der Waals surface area (Å²) in [7, 11) is 3.30. The van der Waals surface area contributed by atoms with Crippen LogP contribution in [0.15, 0.2) is 18.2 Å². The molecule has 0 aromatic heterocycles. The van der Waals surface area contributed by atoms with E-state index in [1.807, 2.05) is 20.8 Å². The highest BCUT2D eigenvalue weighted by Crippen LogP contribution is 2.26. The van der Waals surface area contributed by atoms with Gasteiger partial charge in [0.15, 0.2) is 0 Å². The number of nitrogens with zero attached hydrogens (tertiary/aromatic N) is 2. The molecular formula is C19H27ClN2O4. The number of benzene rings is 1. The number of amides is 2. The SMILES string of the molecule is COc1ccc(Cl)cc1CN(C)C(=O)[C@@H]1CCCN1C(=O)OC(C)(C)C. The maximum Gasteiger partial charge on any atom is 0.410 e. The lowest BCUT2D eigenvalue weighted by Crippen LogP contribution is -2.47. The van der Waals surface area contributed by atoms with Gasteiger partial charge in [-0.3, -0.25) is 9.69 Å². The highest BCUT2D eigenvalue weighted by molar-refractivity contribution is 6.30. The first-order chi connectivity index (χ1) is 12.1. The van der Waals surface area contributed by atoms with Gasteiger partial charge < -0.3 is 14.4 Å². The van der Waals surface area contributed by atoms with Crippen molar-refractivity contribution in [2.45, 2.75) is 51.8 Å². The fourth-order valence-electron chi connectivity index (χ4n) is 3.02. The van der Waals surface area contributed by atoms with E-state index in [2.05, 4.69) is 0 Å². The lowest BCUT2D eigenvalue weighted by atomic mass is 10.1. The lowest BCUT2D eigenvalue weighted by molar-refractivity contribution is -0.135. The Bertz CT molecular complexity index is 672. The second kappa shape index (κ2) is 8.16. The zero-order valence-electron chi connectivity index (χ0n) is 16.0. The van der Waals surface area contributed by atoms with Gasteiger partial charge in [0.2, 0.25) is 5.91 Å². The van der Waals surface area contributed by atoms with Crippen LogP contribution in [0.3, 0.4) is 0 Å². The van der Waals surface area contributed by atoms with E-state index in [4.69, 9.17) is 21.1 Å². The van der Waals surface area contributed by atoms with Gasteiger partial charge in [0.05, 0.1) is 7.11 Å². The molecule has 0 bridgehead atoms. The van der Waals surface area contributed by atoms with Gasteiger partial charge in [-0.2, -0.15) is 0 Å². The van der Waals surface area contributed by atoms with Crippen LogP contribution in [-0.2, 0) is 16.1 Å². The Hall–Kier alpha value is -1.95. The van der Waals surface area contributed by atoms with Gasteiger partial charge in [0.1, 0.15) is 17.4 Å². The van der Waals surface area contributed by atoms with Crippen LogP contribution in [0.25, 0.3) is 0 Å². The molecule has 1 aliphatic heterocycles. The third kappa shape index (κ3) is 5.04. The quantitative estimate of drug-likeness (QED) is 0.796. The summed E-state index contributed by atoms with van der Waals surface area (Å²) in [6.45, 7) is 6.32. The highest BCUT2D eigenvalue weighted by atomic mass is 35.5. The van der Waals surface area contributed by atoms with Crippen molar-refractivity contribution < 1.29 is 19.1 Å². The van der Waals surface area contributed by atoms with Gasteiger partial charge >= 0.3 is 6.09 Å². The number of carbonyl (C=O) groups is 2. The van der Waals surface area contributed by atoms with Crippen molar-refractivity contribution in [2.75, 3.05) is 20.7 Å². The number of likely N-dealkylation sites (tertiary alicyclic amines) is 1. The average Bonchev–Trinajstić information content (AvgIpc) is 3.02. The van der Waals surface area contributed by atoms with Crippen molar-refractivity contribution in [3.8, 4) is 5.75 Å². The number of rotatable bonds is 4. The molecule has 0 unspecified atom stereocenters. The van der Waals surface area contributed by atoms with E-state index in [0.29, 0.717) is 30.3 Å². The maximum absolute atomic E-state index is 12.9. The predicted molar refractivity (Wildman–Crippen MR) is 100 cm³/mol. The van der Waals surface area contributed by atoms with Crippen molar-refractivity contribution in [2.24, 2.45) is 0 Å². The van der Waals surface area contributed by atoms with E-state index in [0.717, 1.165) is 12.0 Å². The fraction of sp³-hybridized carbons (Fsp3) is 0.579. The summed E-state index contributed by atoms with van der Waals surface area (Å²) in [5.74, 6) is 0.555. The molecule has 1 aliphatic rings. The van der Waals surface area contributed by atoms with Crippen LogP contribution < -0.4 is 4.74 Å². The molecule has 0 saturated carbocycles. The molecule has 0 radical (unpaired) electrons. The van der Waals surface area contributed by atoms with Gasteiger partial charge in [-0.05, 0) is 51.8 Å². The van der Waals surface area contributed by atoms with Crippen LogP contribution in [0.5, 0.6) is 5.75 Å². The van der Waals surface area contributed by atoms with Crippen LogP contribution in [0.1, 0.15) is 39.2 Å². The predicted octanol–water partition coefficient (Wildman–Crippen LogP) is 3.71. The Morgan fingerprint density at radius 3 is 2.65 bits per heavy atom. The second-order valence-corrected chi connectivity index (χ2v) is 7.92. The van der Waals surface area contributed by atoms with E-state index >= 15 is 0 Å². The van der Waals surface area contributed by atoms with E-state index in [1.54, 1.807) is 37.3 Å². The highest BCUT2D eigenvalue weighted by Gasteiger charge is 2.38. The summed E-state index contributed by atoms with van der Waals surface area (Å²) >= 11 is 6.06. The van der Waals surface area contributed by atoms with E-state index in [9.17, 15) is 9.59 Å². The third-order valence-corrected chi connectivity index (χ3v) is 4.43. The van der Waals surface area contributed by atoms with Crippen molar-refractivity contribution >= 4 is 23.6 Å². The first-order valence-electron chi connectivity index (χ1n) is 8.69. The number of hydrogen-bond acceptors (Lipinski definition) is 4. The summed E-state index contributed by atoms with van der Waals surface area (Å²) < 4.78 is 10.8. The molecule has 1 fully saturated rings. The second-order valence-electron chi connectivity index (χ2n) is 7.48. The molecule has 1 aromatic rings. The molecule has 1 aromatic carbocycles. The molecule has 1 heterocycles. The minimum Gasteiger partial charge on any atom is -0.496 e. The number of halogens is 1. The Labute approximate surface area is 160 Å². The molecule has 144 valence electrons. The standard InChI is InChI=1S/C19H27ClN2O4/c1-19(2,3)26-18(24)22-10-6-7-15(22)17(23)21(4)12-13-11-14(20)8-9-16(13)25-5/h8-9,11,15H,6-7,10,12H2,1-5H3/t15-/m0/s1. The summed E-state index contributed by atoms with van der Waals surface area (Å²) in [6, 6.07) is 4.80. The van der Waals surface area contributed by atoms with Crippen LogP contribution in [-0.4, -0.2) is 54.1 Å². The number of ether oxygens (including phenoxy) is 2. The Morgan fingerprint density at radius 2 is 2.04 bits per heavy atom. The molecule has 7 heteroatoms. The number of hydrogen-bond donors (Lipinski definition) is 0. The normalized spacial score (nSPS) is 17.2. The zero-order chi connectivity index (χ0) is 19.5. The van der Waals surface area contributed by atoms with E-state index in [-0.39, 0.29) is 5.91 Å². The van der Waals surface area contributed by atoms with Gasteiger partial charge in [0.25, 0.3) is 0 Å². The molecule has 0 spiro atoms.